The van der Waals surface area contributed by atoms with Crippen LogP contribution in [-0.4, -0.2) is 36.7 Å². The summed E-state index contributed by atoms with van der Waals surface area (Å²) in [5.74, 6) is -0.684. The molecule has 0 bridgehead atoms. The standard InChI is InChI=1S/C29H28N2O6/c1-18-4-11-26(14-19(18)2)37-25-12-9-24(10-13-25)31-16-22(15-28(31)34)29(35)36-17-27(33)30-23-7-5-21(6-8-23)20(3)32/h4-14,22H,15-17H2,1-3H3,(H,30,33)/t22-/m0/s1. The second-order valence-electron chi connectivity index (χ2n) is 9.04. The minimum Gasteiger partial charge on any atom is -0.457 e. The number of carbonyl (C=O) groups excluding carboxylic acids is 4. The number of Topliss-reactive ketones (excluding diaryl/α,β-unsaturated/α-hetero) is 1. The van der Waals surface area contributed by atoms with E-state index in [9.17, 15) is 19.2 Å². The maximum atomic E-state index is 12.6. The molecular formula is C29H28N2O6. The zero-order valence-electron chi connectivity index (χ0n) is 20.9. The SMILES string of the molecule is CC(=O)c1ccc(NC(=O)COC(=O)[C@H]2CC(=O)N(c3ccc(Oc4ccc(C)c(C)c4)cc3)C2)cc1. The van der Waals surface area contributed by atoms with E-state index in [2.05, 4.69) is 5.32 Å². The number of hydrogen-bond acceptors (Lipinski definition) is 6. The number of ketones is 1. The molecule has 0 aromatic heterocycles. The molecular weight excluding hydrogens is 472 g/mol. The first-order valence-corrected chi connectivity index (χ1v) is 11.9. The number of anilines is 2. The molecule has 2 amide bonds. The molecule has 3 aromatic carbocycles. The molecule has 37 heavy (non-hydrogen) atoms. The van der Waals surface area contributed by atoms with Crippen molar-refractivity contribution in [1.29, 1.82) is 0 Å². The second-order valence-corrected chi connectivity index (χ2v) is 9.04. The fourth-order valence-electron chi connectivity index (χ4n) is 3.96. The van der Waals surface area contributed by atoms with Crippen LogP contribution >= 0.6 is 0 Å². The Morgan fingerprint density at radius 2 is 1.59 bits per heavy atom. The number of ether oxygens (including phenoxy) is 2. The van der Waals surface area contributed by atoms with Gasteiger partial charge in [-0.3, -0.25) is 19.2 Å². The monoisotopic (exact) mass is 500 g/mol. The van der Waals surface area contributed by atoms with E-state index in [1.165, 1.54) is 17.4 Å². The van der Waals surface area contributed by atoms with Crippen LogP contribution in [0.5, 0.6) is 11.5 Å². The summed E-state index contributed by atoms with van der Waals surface area (Å²) in [6.45, 7) is 5.22. The number of rotatable bonds is 8. The van der Waals surface area contributed by atoms with Gasteiger partial charge in [-0.05, 0) is 92.6 Å². The van der Waals surface area contributed by atoms with Crippen LogP contribution in [0.1, 0.15) is 34.8 Å². The molecule has 0 unspecified atom stereocenters. The highest BCUT2D eigenvalue weighted by Crippen LogP contribution is 2.29. The molecule has 1 saturated heterocycles. The van der Waals surface area contributed by atoms with E-state index in [-0.39, 0.29) is 24.7 Å². The largest absolute Gasteiger partial charge is 0.457 e. The highest BCUT2D eigenvalue weighted by atomic mass is 16.5. The second kappa shape index (κ2) is 11.1. The van der Waals surface area contributed by atoms with Crippen LogP contribution in [0.25, 0.3) is 0 Å². The highest BCUT2D eigenvalue weighted by molar-refractivity contribution is 6.00. The summed E-state index contributed by atoms with van der Waals surface area (Å²) in [4.78, 5) is 50.1. The number of hydrogen-bond donors (Lipinski definition) is 1. The Morgan fingerprint density at radius 3 is 2.24 bits per heavy atom. The number of aryl methyl sites for hydroxylation is 2. The average Bonchev–Trinajstić information content (AvgIpc) is 3.27. The van der Waals surface area contributed by atoms with Crippen molar-refractivity contribution in [3.05, 3.63) is 83.4 Å². The first-order valence-electron chi connectivity index (χ1n) is 11.9. The minimum atomic E-state index is -0.665. The van der Waals surface area contributed by atoms with Gasteiger partial charge in [-0.25, -0.2) is 0 Å². The topological polar surface area (TPSA) is 102 Å². The molecule has 8 nitrogen and oxygen atoms in total. The van der Waals surface area contributed by atoms with Gasteiger partial charge in [0.2, 0.25) is 5.91 Å². The van der Waals surface area contributed by atoms with Gasteiger partial charge in [0.05, 0.1) is 5.92 Å². The molecule has 3 aromatic rings. The third kappa shape index (κ3) is 6.41. The van der Waals surface area contributed by atoms with E-state index in [1.807, 2.05) is 32.0 Å². The maximum absolute atomic E-state index is 12.6. The van der Waals surface area contributed by atoms with Crippen molar-refractivity contribution in [3.63, 3.8) is 0 Å². The van der Waals surface area contributed by atoms with Gasteiger partial charge >= 0.3 is 5.97 Å². The predicted molar refractivity (Wildman–Crippen MR) is 139 cm³/mol. The van der Waals surface area contributed by atoms with Crippen LogP contribution in [0, 0.1) is 19.8 Å². The third-order valence-electron chi connectivity index (χ3n) is 6.24. The van der Waals surface area contributed by atoms with E-state index < -0.39 is 24.4 Å². The third-order valence-corrected chi connectivity index (χ3v) is 6.24. The van der Waals surface area contributed by atoms with Gasteiger partial charge in [-0.15, -0.1) is 0 Å². The molecule has 8 heteroatoms. The fourth-order valence-corrected chi connectivity index (χ4v) is 3.96. The summed E-state index contributed by atoms with van der Waals surface area (Å²) in [7, 11) is 0. The van der Waals surface area contributed by atoms with Crippen LogP contribution in [0.3, 0.4) is 0 Å². The van der Waals surface area contributed by atoms with E-state index in [0.29, 0.717) is 22.7 Å². The minimum absolute atomic E-state index is 0.00779. The molecule has 4 rings (SSSR count). The molecule has 0 saturated carbocycles. The zero-order valence-corrected chi connectivity index (χ0v) is 20.9. The first-order chi connectivity index (χ1) is 17.7. The number of nitrogens with one attached hydrogen (secondary N) is 1. The van der Waals surface area contributed by atoms with Gasteiger partial charge in [-0.1, -0.05) is 6.07 Å². The van der Waals surface area contributed by atoms with Crippen molar-refractivity contribution in [2.75, 3.05) is 23.4 Å². The normalized spacial score (nSPS) is 14.8. The van der Waals surface area contributed by atoms with Gasteiger partial charge in [-0.2, -0.15) is 0 Å². The molecule has 1 N–H and O–H groups in total. The first kappa shape index (κ1) is 25.6. The molecule has 1 aliphatic rings. The van der Waals surface area contributed by atoms with Crippen LogP contribution in [0.4, 0.5) is 11.4 Å². The van der Waals surface area contributed by atoms with Crippen molar-refractivity contribution < 1.29 is 28.7 Å². The quantitative estimate of drug-likeness (QED) is 0.351. The molecule has 1 heterocycles. The molecule has 0 radical (unpaired) electrons. The molecule has 1 atom stereocenters. The van der Waals surface area contributed by atoms with Crippen molar-refractivity contribution in [1.82, 2.24) is 0 Å². The number of nitrogens with zero attached hydrogens (tertiary/aromatic N) is 1. The summed E-state index contributed by atoms with van der Waals surface area (Å²) in [6.07, 6.45) is 0.00779. The number of benzene rings is 3. The van der Waals surface area contributed by atoms with Crippen molar-refractivity contribution in [2.24, 2.45) is 5.92 Å². The molecule has 0 spiro atoms. The van der Waals surface area contributed by atoms with Crippen LogP contribution < -0.4 is 15.0 Å². The van der Waals surface area contributed by atoms with Gasteiger partial charge in [0.1, 0.15) is 11.5 Å². The summed E-state index contributed by atoms with van der Waals surface area (Å²) in [5.41, 5.74) is 3.99. The Kier molecular flexibility index (Phi) is 7.67. The lowest BCUT2D eigenvalue weighted by molar-refractivity contribution is -0.151. The summed E-state index contributed by atoms with van der Waals surface area (Å²) in [5, 5.41) is 2.61. The van der Waals surface area contributed by atoms with E-state index >= 15 is 0 Å². The Bertz CT molecular complexity index is 1330. The molecule has 190 valence electrons. The Labute approximate surface area is 215 Å². The Balaban J connectivity index is 1.28. The lowest BCUT2D eigenvalue weighted by Gasteiger charge is -2.17. The van der Waals surface area contributed by atoms with E-state index in [0.717, 1.165) is 11.3 Å². The van der Waals surface area contributed by atoms with E-state index in [4.69, 9.17) is 9.47 Å². The van der Waals surface area contributed by atoms with Crippen LogP contribution in [-0.2, 0) is 19.1 Å². The molecule has 1 fully saturated rings. The molecule has 0 aliphatic carbocycles. The summed E-state index contributed by atoms with van der Waals surface area (Å²) >= 11 is 0. The lowest BCUT2D eigenvalue weighted by atomic mass is 10.1. The van der Waals surface area contributed by atoms with Crippen molar-refractivity contribution in [3.8, 4) is 11.5 Å². The fraction of sp³-hybridized carbons (Fsp3) is 0.241. The smallest absolute Gasteiger partial charge is 0.311 e. The van der Waals surface area contributed by atoms with Gasteiger partial charge in [0, 0.05) is 29.9 Å². The van der Waals surface area contributed by atoms with Crippen LogP contribution in [0.15, 0.2) is 66.7 Å². The Morgan fingerprint density at radius 1 is 0.919 bits per heavy atom. The lowest BCUT2D eigenvalue weighted by Crippen LogP contribution is -2.28. The summed E-state index contributed by atoms with van der Waals surface area (Å²) in [6, 6.07) is 19.4. The average molecular weight is 501 g/mol. The molecule has 1 aliphatic heterocycles. The van der Waals surface area contributed by atoms with E-state index in [1.54, 1.807) is 48.5 Å². The predicted octanol–water partition coefficient (Wildman–Crippen LogP) is 4.83. The summed E-state index contributed by atoms with van der Waals surface area (Å²) < 4.78 is 11.1. The van der Waals surface area contributed by atoms with Crippen molar-refractivity contribution in [2.45, 2.75) is 27.2 Å². The van der Waals surface area contributed by atoms with Gasteiger partial charge in [0.25, 0.3) is 5.91 Å². The number of amides is 2. The van der Waals surface area contributed by atoms with Gasteiger partial charge < -0.3 is 19.7 Å². The van der Waals surface area contributed by atoms with Gasteiger partial charge in [0.15, 0.2) is 12.4 Å². The van der Waals surface area contributed by atoms with Crippen LogP contribution in [0.2, 0.25) is 0 Å². The number of esters is 1. The highest BCUT2D eigenvalue weighted by Gasteiger charge is 2.36. The van der Waals surface area contributed by atoms with Crippen molar-refractivity contribution >= 4 is 34.9 Å². The zero-order chi connectivity index (χ0) is 26.5. The number of carbonyl (C=O) groups is 4. The Hall–Kier alpha value is -4.46. The maximum Gasteiger partial charge on any atom is 0.311 e.